The first-order chi connectivity index (χ1) is 15.0. The number of halogens is 2. The van der Waals surface area contributed by atoms with Crippen LogP contribution in [-0.4, -0.2) is 56.5 Å². The molecular formula is C23H30FIN4O3. The van der Waals surface area contributed by atoms with Crippen LogP contribution in [0, 0.1) is 29.5 Å². The van der Waals surface area contributed by atoms with Gasteiger partial charge in [0.1, 0.15) is 5.82 Å². The van der Waals surface area contributed by atoms with Gasteiger partial charge in [-0.25, -0.2) is 4.39 Å². The van der Waals surface area contributed by atoms with E-state index in [0.717, 1.165) is 12.0 Å². The highest BCUT2D eigenvalue weighted by Crippen LogP contribution is 2.52. The molecule has 2 N–H and O–H groups in total. The van der Waals surface area contributed by atoms with Crippen molar-refractivity contribution in [2.75, 3.05) is 33.8 Å². The van der Waals surface area contributed by atoms with Crippen molar-refractivity contribution in [3.63, 3.8) is 0 Å². The number of amides is 2. The molecule has 1 heterocycles. The minimum atomic E-state index is -0.286. The van der Waals surface area contributed by atoms with Crippen LogP contribution in [0.15, 0.2) is 41.4 Å². The van der Waals surface area contributed by atoms with Crippen LogP contribution in [0.4, 0.5) is 4.39 Å². The lowest BCUT2D eigenvalue weighted by Gasteiger charge is -2.20. The molecule has 1 saturated carbocycles. The number of imide groups is 1. The monoisotopic (exact) mass is 556 g/mol. The van der Waals surface area contributed by atoms with Crippen molar-refractivity contribution in [1.82, 2.24) is 15.5 Å². The first-order valence-corrected chi connectivity index (χ1v) is 10.8. The van der Waals surface area contributed by atoms with E-state index in [9.17, 15) is 14.0 Å². The Bertz CT molecular complexity index is 862. The van der Waals surface area contributed by atoms with E-state index < -0.39 is 0 Å². The van der Waals surface area contributed by atoms with Crippen LogP contribution >= 0.6 is 24.0 Å². The third-order valence-corrected chi connectivity index (χ3v) is 6.62. The molecule has 2 fully saturated rings. The van der Waals surface area contributed by atoms with Gasteiger partial charge in [0, 0.05) is 33.8 Å². The van der Waals surface area contributed by atoms with Crippen LogP contribution in [0.5, 0.6) is 0 Å². The number of methoxy groups -OCH3 is 1. The molecule has 2 amide bonds. The fourth-order valence-corrected chi connectivity index (χ4v) is 5.05. The largest absolute Gasteiger partial charge is 0.375 e. The SMILES string of the molecule is CN=C(NCCCN1C(=O)C2C3C=CC(C3)C2C1=O)NCC(OC)c1ccc(F)cc1.I. The van der Waals surface area contributed by atoms with Gasteiger partial charge in [0.2, 0.25) is 11.8 Å². The molecule has 0 spiro atoms. The molecular weight excluding hydrogens is 526 g/mol. The molecule has 0 aromatic heterocycles. The van der Waals surface area contributed by atoms with Crippen molar-refractivity contribution in [2.24, 2.45) is 28.7 Å². The first kappa shape index (κ1) is 24.6. The zero-order valence-electron chi connectivity index (χ0n) is 18.3. The number of likely N-dealkylation sites (tertiary alicyclic amines) is 1. The fourth-order valence-electron chi connectivity index (χ4n) is 5.05. The number of fused-ring (bicyclic) bond motifs is 5. The lowest BCUT2D eigenvalue weighted by molar-refractivity contribution is -0.140. The van der Waals surface area contributed by atoms with Gasteiger partial charge in [0.15, 0.2) is 5.96 Å². The van der Waals surface area contributed by atoms with Gasteiger partial charge >= 0.3 is 0 Å². The Morgan fingerprint density at radius 2 is 1.78 bits per heavy atom. The molecule has 174 valence electrons. The van der Waals surface area contributed by atoms with Crippen molar-refractivity contribution in [2.45, 2.75) is 18.9 Å². The smallest absolute Gasteiger partial charge is 0.233 e. The molecule has 32 heavy (non-hydrogen) atoms. The second kappa shape index (κ2) is 10.7. The summed E-state index contributed by atoms with van der Waals surface area (Å²) in [5, 5.41) is 6.40. The van der Waals surface area contributed by atoms with Crippen LogP contribution in [0.25, 0.3) is 0 Å². The normalized spacial score (nSPS) is 26.8. The van der Waals surface area contributed by atoms with E-state index in [1.165, 1.54) is 17.0 Å². The predicted octanol–water partition coefficient (Wildman–Crippen LogP) is 2.49. The number of hydrogen-bond donors (Lipinski definition) is 2. The third kappa shape index (κ3) is 4.83. The van der Waals surface area contributed by atoms with Crippen LogP contribution in [0.3, 0.4) is 0 Å². The summed E-state index contributed by atoms with van der Waals surface area (Å²) in [5.41, 5.74) is 0.868. The average Bonchev–Trinajstić information content (AvgIpc) is 3.46. The molecule has 5 unspecified atom stereocenters. The molecule has 1 saturated heterocycles. The standard InChI is InChI=1S/C23H29FN4O3.HI/c1-25-23(27-13-18(31-2)14-6-8-17(24)9-7-14)26-10-3-11-28-21(29)19-15-4-5-16(12-15)20(19)22(28)30;/h4-9,15-16,18-20H,3,10-13H2,1-2H3,(H2,25,26,27);1H. The van der Waals surface area contributed by atoms with Gasteiger partial charge in [0.05, 0.1) is 17.9 Å². The molecule has 0 radical (unpaired) electrons. The summed E-state index contributed by atoms with van der Waals surface area (Å²) in [4.78, 5) is 31.1. The number of benzene rings is 1. The number of guanidine groups is 1. The van der Waals surface area contributed by atoms with Crippen LogP contribution in [-0.2, 0) is 14.3 Å². The summed E-state index contributed by atoms with van der Waals surface area (Å²) in [6, 6.07) is 6.21. The Balaban J connectivity index is 0.00000289. The summed E-state index contributed by atoms with van der Waals surface area (Å²) >= 11 is 0. The Morgan fingerprint density at radius 1 is 1.16 bits per heavy atom. The molecule has 3 aliphatic rings. The summed E-state index contributed by atoms with van der Waals surface area (Å²) in [5.74, 6) is 0.520. The van der Waals surface area contributed by atoms with Gasteiger partial charge in [-0.3, -0.25) is 19.5 Å². The van der Waals surface area contributed by atoms with Crippen molar-refractivity contribution in [3.8, 4) is 0 Å². The van der Waals surface area contributed by atoms with Crippen molar-refractivity contribution in [1.29, 1.82) is 0 Å². The number of allylic oxidation sites excluding steroid dienone is 2. The second-order valence-corrected chi connectivity index (χ2v) is 8.34. The molecule has 7 nitrogen and oxygen atoms in total. The predicted molar refractivity (Wildman–Crippen MR) is 130 cm³/mol. The molecule has 1 aromatic rings. The summed E-state index contributed by atoms with van der Waals surface area (Å²) in [6.45, 7) is 1.46. The minimum absolute atomic E-state index is 0. The molecule has 2 bridgehead atoms. The maximum absolute atomic E-state index is 13.1. The lowest BCUT2D eigenvalue weighted by atomic mass is 9.85. The third-order valence-electron chi connectivity index (χ3n) is 6.62. The number of carbonyl (C=O) groups excluding carboxylic acids is 2. The topological polar surface area (TPSA) is 83.0 Å². The number of carbonyl (C=O) groups is 2. The number of ether oxygens (including phenoxy) is 1. The van der Waals surface area contributed by atoms with Gasteiger partial charge in [-0.1, -0.05) is 24.3 Å². The number of hydrogen-bond acceptors (Lipinski definition) is 4. The molecule has 4 rings (SSSR count). The Labute approximate surface area is 204 Å². The van der Waals surface area contributed by atoms with Gasteiger partial charge in [-0.15, -0.1) is 24.0 Å². The van der Waals surface area contributed by atoms with Crippen LogP contribution in [0.1, 0.15) is 24.5 Å². The number of rotatable bonds is 8. The van der Waals surface area contributed by atoms with E-state index in [2.05, 4.69) is 27.8 Å². The highest BCUT2D eigenvalue weighted by molar-refractivity contribution is 14.0. The van der Waals surface area contributed by atoms with E-state index in [4.69, 9.17) is 4.74 Å². The van der Waals surface area contributed by atoms with E-state index in [1.807, 2.05) is 0 Å². The van der Waals surface area contributed by atoms with E-state index in [1.54, 1.807) is 26.3 Å². The van der Waals surface area contributed by atoms with Crippen molar-refractivity contribution in [3.05, 3.63) is 47.8 Å². The maximum Gasteiger partial charge on any atom is 0.233 e. The highest BCUT2D eigenvalue weighted by atomic mass is 127. The zero-order valence-corrected chi connectivity index (χ0v) is 20.6. The first-order valence-electron chi connectivity index (χ1n) is 10.8. The molecule has 1 aliphatic heterocycles. The van der Waals surface area contributed by atoms with E-state index in [-0.39, 0.29) is 71.4 Å². The van der Waals surface area contributed by atoms with Gasteiger partial charge in [0.25, 0.3) is 0 Å². The van der Waals surface area contributed by atoms with Crippen molar-refractivity contribution < 1.29 is 18.7 Å². The number of aliphatic imine (C=N–C) groups is 1. The van der Waals surface area contributed by atoms with E-state index >= 15 is 0 Å². The van der Waals surface area contributed by atoms with Gasteiger partial charge in [-0.05, 0) is 42.4 Å². The Kier molecular flexibility index (Phi) is 8.26. The number of nitrogens with zero attached hydrogens (tertiary/aromatic N) is 2. The van der Waals surface area contributed by atoms with Crippen molar-refractivity contribution >= 4 is 41.8 Å². The Morgan fingerprint density at radius 3 is 2.34 bits per heavy atom. The summed E-state index contributed by atoms with van der Waals surface area (Å²) < 4.78 is 18.6. The molecule has 9 heteroatoms. The minimum Gasteiger partial charge on any atom is -0.375 e. The van der Waals surface area contributed by atoms with Gasteiger partial charge in [-0.2, -0.15) is 0 Å². The van der Waals surface area contributed by atoms with E-state index in [0.29, 0.717) is 32.0 Å². The summed E-state index contributed by atoms with van der Waals surface area (Å²) in [7, 11) is 3.28. The quantitative estimate of drug-likeness (QED) is 0.129. The van der Waals surface area contributed by atoms with Crippen LogP contribution in [0.2, 0.25) is 0 Å². The highest BCUT2D eigenvalue weighted by Gasteiger charge is 2.58. The maximum atomic E-state index is 13.1. The second-order valence-electron chi connectivity index (χ2n) is 8.34. The van der Waals surface area contributed by atoms with Gasteiger partial charge < -0.3 is 15.4 Å². The summed E-state index contributed by atoms with van der Waals surface area (Å²) in [6.07, 6.45) is 5.56. The fraction of sp³-hybridized carbons (Fsp3) is 0.522. The molecule has 5 atom stereocenters. The zero-order chi connectivity index (χ0) is 22.0. The molecule has 2 aliphatic carbocycles. The Hall–Kier alpha value is -2.01. The number of nitrogens with one attached hydrogen (secondary N) is 2. The van der Waals surface area contributed by atoms with Crippen LogP contribution < -0.4 is 10.6 Å². The molecule has 1 aromatic carbocycles. The lowest BCUT2D eigenvalue weighted by Crippen LogP contribution is -2.41. The average molecular weight is 556 g/mol.